The first kappa shape index (κ1) is 17.4. The molecule has 2 rings (SSSR count). The van der Waals surface area contributed by atoms with Gasteiger partial charge in [-0.05, 0) is 22.4 Å². The van der Waals surface area contributed by atoms with Gasteiger partial charge in [0.2, 0.25) is 5.91 Å². The van der Waals surface area contributed by atoms with E-state index in [1.165, 1.54) is 11.3 Å². The molecule has 24 heavy (non-hydrogen) atoms. The summed E-state index contributed by atoms with van der Waals surface area (Å²) in [5.74, 6) is -2.62. The quantitative estimate of drug-likeness (QED) is 0.472. The minimum Gasteiger partial charge on any atom is -0.462 e. The van der Waals surface area contributed by atoms with E-state index in [0.717, 1.165) is 22.8 Å². The average Bonchev–Trinajstić information content (AvgIpc) is 3.01. The van der Waals surface area contributed by atoms with E-state index in [9.17, 15) is 14.4 Å². The number of amides is 2. The van der Waals surface area contributed by atoms with Crippen molar-refractivity contribution in [3.63, 3.8) is 0 Å². The lowest BCUT2D eigenvalue weighted by Gasteiger charge is -2.16. The molecule has 2 aromatic rings. The Labute approximate surface area is 142 Å². The van der Waals surface area contributed by atoms with Crippen LogP contribution in [-0.4, -0.2) is 37.5 Å². The van der Waals surface area contributed by atoms with E-state index in [1.54, 1.807) is 6.07 Å². The summed E-state index contributed by atoms with van der Waals surface area (Å²) in [6.07, 6.45) is 0.198. The lowest BCUT2D eigenvalue weighted by atomic mass is 10.0. The number of nitriles is 1. The van der Waals surface area contributed by atoms with Crippen LogP contribution in [0.1, 0.15) is 5.56 Å². The molecule has 0 saturated heterocycles. The van der Waals surface area contributed by atoms with Crippen molar-refractivity contribution in [2.24, 2.45) is 0 Å². The molecule has 1 atom stereocenters. The molecule has 1 aromatic carbocycles. The van der Waals surface area contributed by atoms with Crippen LogP contribution in [0.2, 0.25) is 0 Å². The fourth-order valence-electron chi connectivity index (χ4n) is 2.18. The Hall–Kier alpha value is -2.92. The minimum absolute atomic E-state index is 0.187. The van der Waals surface area contributed by atoms with Gasteiger partial charge >= 0.3 is 11.9 Å². The van der Waals surface area contributed by atoms with Gasteiger partial charge in [0.1, 0.15) is 12.6 Å². The first-order chi connectivity index (χ1) is 11.6. The molecule has 2 N–H and O–H groups in total. The van der Waals surface area contributed by atoms with Gasteiger partial charge in [0.05, 0.1) is 13.2 Å². The van der Waals surface area contributed by atoms with Crippen molar-refractivity contribution in [2.75, 3.05) is 13.7 Å². The molecule has 7 nitrogen and oxygen atoms in total. The highest BCUT2D eigenvalue weighted by molar-refractivity contribution is 7.17. The largest absolute Gasteiger partial charge is 0.462 e. The Balaban J connectivity index is 2.21. The number of carbonyl (C=O) groups is 3. The van der Waals surface area contributed by atoms with Crippen molar-refractivity contribution in [2.45, 2.75) is 12.5 Å². The van der Waals surface area contributed by atoms with E-state index in [2.05, 4.69) is 15.4 Å². The van der Waals surface area contributed by atoms with E-state index >= 15 is 0 Å². The normalized spacial score (nSPS) is 11.3. The molecule has 0 saturated carbocycles. The summed E-state index contributed by atoms with van der Waals surface area (Å²) in [6.45, 7) is -0.187. The van der Waals surface area contributed by atoms with Crippen molar-refractivity contribution in [3.05, 3.63) is 35.2 Å². The molecule has 1 unspecified atom stereocenters. The number of methoxy groups -OCH3 is 1. The lowest BCUT2D eigenvalue weighted by molar-refractivity contribution is -0.153. The smallest absolute Gasteiger partial charge is 0.396 e. The zero-order chi connectivity index (χ0) is 17.5. The summed E-state index contributed by atoms with van der Waals surface area (Å²) < 4.78 is 5.40. The minimum atomic E-state index is -1.08. The molecule has 0 bridgehead atoms. The van der Waals surface area contributed by atoms with Gasteiger partial charge < -0.3 is 15.4 Å². The van der Waals surface area contributed by atoms with Crippen molar-refractivity contribution < 1.29 is 19.1 Å². The average molecular weight is 345 g/mol. The molecule has 1 aromatic heterocycles. The van der Waals surface area contributed by atoms with Crippen molar-refractivity contribution in [3.8, 4) is 6.07 Å². The maximum atomic E-state index is 12.2. The summed E-state index contributed by atoms with van der Waals surface area (Å²) in [7, 11) is 1.08. The monoisotopic (exact) mass is 345 g/mol. The number of hydrogen-bond acceptors (Lipinski definition) is 6. The number of fused-ring (bicyclic) bond motifs is 1. The summed E-state index contributed by atoms with van der Waals surface area (Å²) in [5.41, 5.74) is 0.873. The maximum Gasteiger partial charge on any atom is 0.396 e. The van der Waals surface area contributed by atoms with E-state index < -0.39 is 23.8 Å². The van der Waals surface area contributed by atoms with Crippen LogP contribution in [0.3, 0.4) is 0 Å². The third-order valence-electron chi connectivity index (χ3n) is 3.32. The predicted molar refractivity (Wildman–Crippen MR) is 88.1 cm³/mol. The predicted octanol–water partition coefficient (Wildman–Crippen LogP) is 0.741. The Morgan fingerprint density at radius 1 is 1.33 bits per heavy atom. The SMILES string of the molecule is COC(=O)C(=O)NC(Cc1csc2ccccc12)C(=O)NCC#N. The summed E-state index contributed by atoms with van der Waals surface area (Å²) in [4.78, 5) is 35.2. The summed E-state index contributed by atoms with van der Waals surface area (Å²) >= 11 is 1.53. The van der Waals surface area contributed by atoms with Gasteiger partial charge in [-0.25, -0.2) is 4.79 Å². The second-order valence-corrected chi connectivity index (χ2v) is 5.77. The first-order valence-corrected chi connectivity index (χ1v) is 7.93. The molecule has 0 fully saturated rings. The second-order valence-electron chi connectivity index (χ2n) is 4.85. The van der Waals surface area contributed by atoms with Gasteiger partial charge in [0.15, 0.2) is 0 Å². The number of esters is 1. The highest BCUT2D eigenvalue weighted by Crippen LogP contribution is 2.26. The molecule has 0 spiro atoms. The van der Waals surface area contributed by atoms with Gasteiger partial charge in [-0.15, -0.1) is 11.3 Å². The van der Waals surface area contributed by atoms with E-state index in [0.29, 0.717) is 0 Å². The number of ether oxygens (including phenoxy) is 1. The van der Waals surface area contributed by atoms with Crippen LogP contribution >= 0.6 is 11.3 Å². The van der Waals surface area contributed by atoms with E-state index in [-0.39, 0.29) is 13.0 Å². The van der Waals surface area contributed by atoms with Gasteiger partial charge in [-0.1, -0.05) is 18.2 Å². The summed E-state index contributed by atoms with van der Waals surface area (Å²) in [6, 6.07) is 8.50. The van der Waals surface area contributed by atoms with Gasteiger partial charge in [0, 0.05) is 11.1 Å². The van der Waals surface area contributed by atoms with Crippen molar-refractivity contribution in [1.29, 1.82) is 5.26 Å². The van der Waals surface area contributed by atoms with Crippen LogP contribution in [0.4, 0.5) is 0 Å². The molecule has 0 aliphatic carbocycles. The maximum absolute atomic E-state index is 12.2. The number of rotatable bonds is 5. The molecule has 2 amide bonds. The van der Waals surface area contributed by atoms with Crippen LogP contribution in [0.15, 0.2) is 29.6 Å². The van der Waals surface area contributed by atoms with E-state index in [4.69, 9.17) is 5.26 Å². The highest BCUT2D eigenvalue weighted by atomic mass is 32.1. The Kier molecular flexibility index (Phi) is 5.87. The van der Waals surface area contributed by atoms with Gasteiger partial charge in [-0.3, -0.25) is 9.59 Å². The molecule has 8 heteroatoms. The Bertz CT molecular complexity index is 809. The number of hydrogen-bond donors (Lipinski definition) is 2. The number of nitrogens with zero attached hydrogens (tertiary/aromatic N) is 1. The third kappa shape index (κ3) is 4.08. The second kappa shape index (κ2) is 8.08. The third-order valence-corrected chi connectivity index (χ3v) is 4.33. The van der Waals surface area contributed by atoms with Crippen LogP contribution in [-0.2, 0) is 25.5 Å². The zero-order valence-corrected chi connectivity index (χ0v) is 13.7. The molecule has 1 heterocycles. The van der Waals surface area contributed by atoms with Crippen molar-refractivity contribution >= 4 is 39.2 Å². The fraction of sp³-hybridized carbons (Fsp3) is 0.250. The molecule has 0 aliphatic rings. The van der Waals surface area contributed by atoms with Crippen LogP contribution in [0, 0.1) is 11.3 Å². The topological polar surface area (TPSA) is 108 Å². The number of benzene rings is 1. The number of thiophene rings is 1. The summed E-state index contributed by atoms with van der Waals surface area (Å²) in [5, 5.41) is 16.2. The molecule has 124 valence electrons. The standard InChI is InChI=1S/C16H15N3O4S/c1-23-16(22)15(21)19-12(14(20)18-7-6-17)8-10-9-24-13-5-3-2-4-11(10)13/h2-5,9,12H,7-8H2,1H3,(H,18,20)(H,19,21). The highest BCUT2D eigenvalue weighted by Gasteiger charge is 2.25. The Morgan fingerprint density at radius 2 is 2.08 bits per heavy atom. The van der Waals surface area contributed by atoms with Crippen LogP contribution in [0.5, 0.6) is 0 Å². The first-order valence-electron chi connectivity index (χ1n) is 7.05. The molecular weight excluding hydrogens is 330 g/mol. The van der Waals surface area contributed by atoms with Gasteiger partial charge in [-0.2, -0.15) is 5.26 Å². The number of nitrogens with one attached hydrogen (secondary N) is 2. The van der Waals surface area contributed by atoms with Crippen molar-refractivity contribution in [1.82, 2.24) is 10.6 Å². The van der Waals surface area contributed by atoms with E-state index in [1.807, 2.05) is 29.6 Å². The lowest BCUT2D eigenvalue weighted by Crippen LogP contribution is -2.50. The Morgan fingerprint density at radius 3 is 2.79 bits per heavy atom. The molecule has 0 radical (unpaired) electrons. The van der Waals surface area contributed by atoms with Crippen LogP contribution in [0.25, 0.3) is 10.1 Å². The van der Waals surface area contributed by atoms with Crippen LogP contribution < -0.4 is 10.6 Å². The molecular formula is C16H15N3O4S. The fourth-order valence-corrected chi connectivity index (χ4v) is 3.16. The molecule has 0 aliphatic heterocycles. The number of carbonyl (C=O) groups excluding carboxylic acids is 3. The van der Waals surface area contributed by atoms with Gasteiger partial charge in [0.25, 0.3) is 0 Å². The zero-order valence-electron chi connectivity index (χ0n) is 12.9.